The van der Waals surface area contributed by atoms with E-state index in [4.69, 9.17) is 9.47 Å². The summed E-state index contributed by atoms with van der Waals surface area (Å²) in [5.41, 5.74) is 4.69. The Morgan fingerprint density at radius 3 is 2.65 bits per heavy atom. The maximum atomic E-state index is 11.1. The van der Waals surface area contributed by atoms with Gasteiger partial charge in [0.25, 0.3) is 5.24 Å². The second kappa shape index (κ2) is 5.04. The summed E-state index contributed by atoms with van der Waals surface area (Å²) in [4.78, 5) is 18.7. The molecule has 0 bridgehead atoms. The molecule has 3 rings (SSSR count). The molecule has 0 spiro atoms. The highest BCUT2D eigenvalue weighted by atomic mass is 32.2. The molecule has 0 fully saturated rings. The van der Waals surface area contributed by atoms with Gasteiger partial charge in [-0.05, 0) is 0 Å². The molecular formula is C12H12N4O3S. The van der Waals surface area contributed by atoms with Gasteiger partial charge in [-0.3, -0.25) is 4.79 Å². The highest BCUT2D eigenvalue weighted by Gasteiger charge is 2.18. The molecule has 0 atom stereocenters. The number of aromatic nitrogens is 2. The van der Waals surface area contributed by atoms with Gasteiger partial charge >= 0.3 is 0 Å². The molecule has 1 aromatic heterocycles. The molecule has 0 radical (unpaired) electrons. The Balaban J connectivity index is 2.04. The van der Waals surface area contributed by atoms with Crippen molar-refractivity contribution in [1.29, 1.82) is 0 Å². The van der Waals surface area contributed by atoms with E-state index in [1.165, 1.54) is 0 Å². The molecule has 7 nitrogen and oxygen atoms in total. The number of benzene rings is 1. The van der Waals surface area contributed by atoms with Crippen LogP contribution in [0.1, 0.15) is 5.82 Å². The van der Waals surface area contributed by atoms with Gasteiger partial charge in [0.05, 0.1) is 31.0 Å². The van der Waals surface area contributed by atoms with Gasteiger partial charge in [0.15, 0.2) is 17.3 Å². The number of hydrogen-bond donors (Lipinski definition) is 2. The topological polar surface area (TPSA) is 88.6 Å². The number of H-pyrrole nitrogens is 1. The number of rotatable bonds is 3. The molecule has 1 aliphatic rings. The maximum Gasteiger partial charge on any atom is 0.299 e. The van der Waals surface area contributed by atoms with Gasteiger partial charge in [-0.1, -0.05) is 11.8 Å². The van der Waals surface area contributed by atoms with E-state index in [2.05, 4.69) is 20.5 Å². The predicted octanol–water partition coefficient (Wildman–Crippen LogP) is 1.74. The van der Waals surface area contributed by atoms with Crippen LogP contribution in [0.15, 0.2) is 17.2 Å². The Morgan fingerprint density at radius 2 is 2.00 bits per heavy atom. The first kappa shape index (κ1) is 12.8. The summed E-state index contributed by atoms with van der Waals surface area (Å²) in [6.07, 6.45) is 0. The van der Waals surface area contributed by atoms with Gasteiger partial charge in [-0.2, -0.15) is 5.10 Å². The van der Waals surface area contributed by atoms with E-state index in [9.17, 15) is 4.79 Å². The third kappa shape index (κ3) is 2.18. The number of nitrogens with one attached hydrogen (secondary N) is 2. The molecule has 0 aliphatic carbocycles. The lowest BCUT2D eigenvalue weighted by molar-refractivity contribution is 0.261. The van der Waals surface area contributed by atoms with E-state index in [0.717, 1.165) is 22.8 Å². The summed E-state index contributed by atoms with van der Waals surface area (Å²) < 4.78 is 10.5. The number of hydrogen-bond acceptors (Lipinski definition) is 6. The van der Waals surface area contributed by atoms with Crippen LogP contribution in [-0.2, 0) is 0 Å². The molecule has 1 aromatic carbocycles. The van der Waals surface area contributed by atoms with E-state index in [0.29, 0.717) is 28.8 Å². The molecule has 2 aromatic rings. The number of aromatic amines is 1. The number of hydrazone groups is 1. The van der Waals surface area contributed by atoms with Crippen molar-refractivity contribution in [2.24, 2.45) is 5.10 Å². The zero-order valence-corrected chi connectivity index (χ0v) is 11.7. The summed E-state index contributed by atoms with van der Waals surface area (Å²) >= 11 is 1.16. The molecule has 2 heterocycles. The fourth-order valence-corrected chi connectivity index (χ4v) is 2.49. The monoisotopic (exact) mass is 292 g/mol. The van der Waals surface area contributed by atoms with Crippen molar-refractivity contribution in [1.82, 2.24) is 15.4 Å². The Hall–Kier alpha value is -2.22. The number of methoxy groups -OCH3 is 2. The van der Waals surface area contributed by atoms with Crippen molar-refractivity contribution >= 4 is 33.7 Å². The highest BCUT2D eigenvalue weighted by Crippen LogP contribution is 2.31. The van der Waals surface area contributed by atoms with Crippen molar-refractivity contribution in [3.63, 3.8) is 0 Å². The van der Waals surface area contributed by atoms with Gasteiger partial charge in [0.1, 0.15) is 5.71 Å². The summed E-state index contributed by atoms with van der Waals surface area (Å²) in [7, 11) is 3.16. The van der Waals surface area contributed by atoms with E-state index in [-0.39, 0.29) is 5.24 Å². The maximum absolute atomic E-state index is 11.1. The number of thioether (sulfide) groups is 1. The minimum atomic E-state index is -0.159. The number of imidazole rings is 1. The zero-order valence-electron chi connectivity index (χ0n) is 10.9. The molecule has 2 N–H and O–H groups in total. The molecule has 0 unspecified atom stereocenters. The lowest BCUT2D eigenvalue weighted by Gasteiger charge is -2.08. The summed E-state index contributed by atoms with van der Waals surface area (Å²) in [6, 6.07) is 3.61. The number of amides is 1. The van der Waals surface area contributed by atoms with Crippen molar-refractivity contribution in [3.8, 4) is 11.5 Å². The molecule has 0 saturated heterocycles. The molecule has 20 heavy (non-hydrogen) atoms. The normalized spacial score (nSPS) is 14.9. The minimum absolute atomic E-state index is 0.159. The Labute approximate surface area is 118 Å². The predicted molar refractivity (Wildman–Crippen MR) is 76.7 cm³/mol. The highest BCUT2D eigenvalue weighted by molar-refractivity contribution is 8.14. The molecule has 104 valence electrons. The number of nitrogens with zero attached hydrogens (tertiary/aromatic N) is 2. The summed E-state index contributed by atoms with van der Waals surface area (Å²) in [6.45, 7) is 0. The summed E-state index contributed by atoms with van der Waals surface area (Å²) in [5.74, 6) is 2.36. The first-order valence-electron chi connectivity index (χ1n) is 5.82. The van der Waals surface area contributed by atoms with Crippen LogP contribution in [0.5, 0.6) is 11.5 Å². The van der Waals surface area contributed by atoms with E-state index in [1.54, 1.807) is 20.3 Å². The second-order valence-corrected chi connectivity index (χ2v) is 5.00. The van der Waals surface area contributed by atoms with E-state index in [1.807, 2.05) is 6.07 Å². The second-order valence-electron chi connectivity index (χ2n) is 4.06. The van der Waals surface area contributed by atoms with Gasteiger partial charge in [0.2, 0.25) is 0 Å². The van der Waals surface area contributed by atoms with Crippen molar-refractivity contribution in [2.45, 2.75) is 0 Å². The van der Waals surface area contributed by atoms with Crippen molar-refractivity contribution in [2.75, 3.05) is 20.0 Å². The van der Waals surface area contributed by atoms with E-state index < -0.39 is 0 Å². The fraction of sp³-hybridized carbons (Fsp3) is 0.250. The van der Waals surface area contributed by atoms with Gasteiger partial charge in [-0.25, -0.2) is 10.4 Å². The van der Waals surface area contributed by atoms with Crippen LogP contribution in [-0.4, -0.2) is 40.9 Å². The Morgan fingerprint density at radius 1 is 1.25 bits per heavy atom. The van der Waals surface area contributed by atoms with Crippen LogP contribution in [0, 0.1) is 0 Å². The molecule has 1 amide bonds. The smallest absolute Gasteiger partial charge is 0.299 e. The van der Waals surface area contributed by atoms with Crippen molar-refractivity contribution in [3.05, 3.63) is 18.0 Å². The number of fused-ring (bicyclic) bond motifs is 1. The van der Waals surface area contributed by atoms with Crippen LogP contribution in [0.25, 0.3) is 11.0 Å². The van der Waals surface area contributed by atoms with Crippen LogP contribution in [0.3, 0.4) is 0 Å². The van der Waals surface area contributed by atoms with Gasteiger partial charge < -0.3 is 14.5 Å². The van der Waals surface area contributed by atoms with Crippen molar-refractivity contribution < 1.29 is 14.3 Å². The van der Waals surface area contributed by atoms with E-state index >= 15 is 0 Å². The quantitative estimate of drug-likeness (QED) is 0.899. The molecule has 1 aliphatic heterocycles. The average molecular weight is 292 g/mol. The number of ether oxygens (including phenoxy) is 2. The molecule has 0 saturated carbocycles. The van der Waals surface area contributed by atoms with Crippen LogP contribution < -0.4 is 14.9 Å². The Bertz CT molecular complexity index is 669. The van der Waals surface area contributed by atoms with Crippen LogP contribution >= 0.6 is 11.8 Å². The van der Waals surface area contributed by atoms with Gasteiger partial charge in [0, 0.05) is 12.1 Å². The first-order chi connectivity index (χ1) is 9.71. The Kier molecular flexibility index (Phi) is 3.23. The first-order valence-corrected chi connectivity index (χ1v) is 6.81. The average Bonchev–Trinajstić information content (AvgIpc) is 2.89. The fourth-order valence-electron chi connectivity index (χ4n) is 1.91. The lowest BCUT2D eigenvalue weighted by atomic mass is 10.3. The van der Waals surface area contributed by atoms with Crippen LogP contribution in [0.4, 0.5) is 4.79 Å². The third-order valence-corrected chi connectivity index (χ3v) is 3.65. The lowest BCUT2D eigenvalue weighted by Crippen LogP contribution is -2.24. The minimum Gasteiger partial charge on any atom is -0.493 e. The number of carbonyl (C=O) groups is 1. The largest absolute Gasteiger partial charge is 0.493 e. The SMILES string of the molecule is COc1cc2nc(C3=NNC(=O)SC3)[nH]c2cc1OC. The molecule has 8 heteroatoms. The number of carbonyl (C=O) groups excluding carboxylic acids is 1. The van der Waals surface area contributed by atoms with Crippen LogP contribution in [0.2, 0.25) is 0 Å². The van der Waals surface area contributed by atoms with Gasteiger partial charge in [-0.15, -0.1) is 0 Å². The standard InChI is InChI=1S/C12H12N4O3S/c1-18-9-3-6-7(4-10(9)19-2)14-11(13-6)8-5-20-12(17)16-15-8/h3-4H,5H2,1-2H3,(H,13,14)(H,16,17). The summed E-state index contributed by atoms with van der Waals surface area (Å²) in [5, 5.41) is 3.84. The molecular weight excluding hydrogens is 280 g/mol. The third-order valence-electron chi connectivity index (χ3n) is 2.88. The zero-order chi connectivity index (χ0) is 14.1.